The van der Waals surface area contributed by atoms with Crippen LogP contribution in [0, 0.1) is 0 Å². The number of hydrogen-bond acceptors (Lipinski definition) is 4. The van der Waals surface area contributed by atoms with Gasteiger partial charge in [-0.2, -0.15) is 0 Å². The molecule has 0 saturated heterocycles. The van der Waals surface area contributed by atoms with Gasteiger partial charge in [0.2, 0.25) is 5.89 Å². The summed E-state index contributed by atoms with van der Waals surface area (Å²) in [6.45, 7) is 1.06. The lowest BCUT2D eigenvalue weighted by Gasteiger charge is -2.05. The van der Waals surface area contributed by atoms with E-state index in [0.29, 0.717) is 25.4 Å². The van der Waals surface area contributed by atoms with E-state index in [1.807, 2.05) is 47.8 Å². The monoisotopic (exact) mass is 327 g/mol. The molecular weight excluding hydrogens is 310 g/mol. The first kappa shape index (κ1) is 15.3. The Labute approximate surface area is 138 Å². The number of nitrogens with zero attached hydrogens (tertiary/aromatic N) is 1. The minimum atomic E-state index is -0.176. The van der Waals surface area contributed by atoms with E-state index in [4.69, 9.17) is 4.42 Å². The third kappa shape index (κ3) is 4.43. The maximum absolute atomic E-state index is 11.7. The Kier molecular flexibility index (Phi) is 5.06. The Morgan fingerprint density at radius 1 is 1.13 bits per heavy atom. The van der Waals surface area contributed by atoms with E-state index in [1.54, 1.807) is 17.6 Å². The Hall–Kier alpha value is -2.60. The van der Waals surface area contributed by atoms with Crippen LogP contribution in [0.25, 0.3) is 11.5 Å². The third-order valence-corrected chi connectivity index (χ3v) is 4.12. The molecule has 0 spiro atoms. The van der Waals surface area contributed by atoms with Crippen LogP contribution in [-0.4, -0.2) is 17.6 Å². The van der Waals surface area contributed by atoms with Crippen molar-refractivity contribution in [3.63, 3.8) is 0 Å². The number of thiophene rings is 1. The van der Waals surface area contributed by atoms with Crippen LogP contribution in [0.3, 0.4) is 0 Å². The van der Waals surface area contributed by atoms with Crippen molar-refractivity contribution in [2.75, 3.05) is 6.54 Å². The van der Waals surface area contributed by atoms with Crippen molar-refractivity contribution in [3.8, 4) is 11.5 Å². The molecule has 5 nitrogen and oxygen atoms in total. The van der Waals surface area contributed by atoms with Crippen LogP contribution in [0.1, 0.15) is 10.6 Å². The molecule has 0 fully saturated rings. The van der Waals surface area contributed by atoms with Gasteiger partial charge in [0, 0.05) is 23.4 Å². The molecule has 0 saturated carbocycles. The maximum atomic E-state index is 11.7. The molecule has 3 aromatic rings. The largest absolute Gasteiger partial charge is 0.444 e. The summed E-state index contributed by atoms with van der Waals surface area (Å²) in [6.07, 6.45) is 2.26. The number of carbonyl (C=O) groups is 1. The second-order valence-electron chi connectivity index (χ2n) is 4.95. The summed E-state index contributed by atoms with van der Waals surface area (Å²) in [7, 11) is 0. The average molecular weight is 327 g/mol. The lowest BCUT2D eigenvalue weighted by atomic mass is 10.2. The first-order valence-corrected chi connectivity index (χ1v) is 8.23. The lowest BCUT2D eigenvalue weighted by molar-refractivity contribution is 0.240. The van der Waals surface area contributed by atoms with Gasteiger partial charge in [-0.1, -0.05) is 24.3 Å². The third-order valence-electron chi connectivity index (χ3n) is 3.24. The van der Waals surface area contributed by atoms with Crippen molar-refractivity contribution in [1.82, 2.24) is 15.6 Å². The van der Waals surface area contributed by atoms with E-state index in [0.717, 1.165) is 16.1 Å². The zero-order valence-electron chi connectivity index (χ0n) is 12.5. The summed E-state index contributed by atoms with van der Waals surface area (Å²) >= 11 is 1.62. The van der Waals surface area contributed by atoms with E-state index in [1.165, 1.54) is 0 Å². The quantitative estimate of drug-likeness (QED) is 0.729. The van der Waals surface area contributed by atoms with Gasteiger partial charge in [0.05, 0.1) is 12.2 Å². The van der Waals surface area contributed by atoms with Crippen LogP contribution in [0.15, 0.2) is 58.5 Å². The smallest absolute Gasteiger partial charge is 0.315 e. The second kappa shape index (κ2) is 7.60. The summed E-state index contributed by atoms with van der Waals surface area (Å²) in [6, 6.07) is 13.5. The standard InChI is InChI=1S/C17H17N3O2S/c21-17(19-11-15-7-4-10-23-15)18-9-8-14-12-22-16(20-14)13-5-2-1-3-6-13/h1-7,10,12H,8-9,11H2,(H2,18,19,21). The molecule has 2 N–H and O–H groups in total. The zero-order chi connectivity index (χ0) is 15.9. The Morgan fingerprint density at radius 2 is 2.00 bits per heavy atom. The van der Waals surface area contributed by atoms with E-state index >= 15 is 0 Å². The number of carbonyl (C=O) groups excluding carboxylic acids is 1. The normalized spacial score (nSPS) is 10.4. The SMILES string of the molecule is O=C(NCCc1coc(-c2ccccc2)n1)NCc1cccs1. The van der Waals surface area contributed by atoms with Crippen molar-refractivity contribution in [2.24, 2.45) is 0 Å². The van der Waals surface area contributed by atoms with Gasteiger partial charge in [0.25, 0.3) is 0 Å². The molecule has 2 amide bonds. The molecule has 3 rings (SSSR count). The zero-order valence-corrected chi connectivity index (χ0v) is 13.3. The number of hydrogen-bond donors (Lipinski definition) is 2. The number of nitrogens with one attached hydrogen (secondary N) is 2. The highest BCUT2D eigenvalue weighted by atomic mass is 32.1. The van der Waals surface area contributed by atoms with Gasteiger partial charge in [0.15, 0.2) is 0 Å². The van der Waals surface area contributed by atoms with Crippen molar-refractivity contribution < 1.29 is 9.21 Å². The van der Waals surface area contributed by atoms with Gasteiger partial charge >= 0.3 is 6.03 Å². The molecule has 0 aliphatic carbocycles. The summed E-state index contributed by atoms with van der Waals surface area (Å²) in [4.78, 5) is 17.2. The number of amides is 2. The van der Waals surface area contributed by atoms with Crippen LogP contribution in [0.2, 0.25) is 0 Å². The fourth-order valence-corrected chi connectivity index (χ4v) is 2.73. The second-order valence-corrected chi connectivity index (χ2v) is 5.98. The van der Waals surface area contributed by atoms with E-state index in [2.05, 4.69) is 15.6 Å². The van der Waals surface area contributed by atoms with Crippen LogP contribution >= 0.6 is 11.3 Å². The molecule has 6 heteroatoms. The fraction of sp³-hybridized carbons (Fsp3) is 0.176. The van der Waals surface area contributed by atoms with Gasteiger partial charge in [-0.25, -0.2) is 9.78 Å². The number of aromatic nitrogens is 1. The minimum Gasteiger partial charge on any atom is -0.444 e. The molecule has 0 radical (unpaired) electrons. The molecule has 118 valence electrons. The van der Waals surface area contributed by atoms with Gasteiger partial charge < -0.3 is 15.1 Å². The minimum absolute atomic E-state index is 0.176. The predicted molar refractivity (Wildman–Crippen MR) is 90.2 cm³/mol. The lowest BCUT2D eigenvalue weighted by Crippen LogP contribution is -2.36. The Bertz CT molecular complexity index is 738. The number of urea groups is 1. The summed E-state index contributed by atoms with van der Waals surface area (Å²) in [5, 5.41) is 7.62. The molecule has 0 aliphatic rings. The average Bonchev–Trinajstić information content (AvgIpc) is 3.26. The summed E-state index contributed by atoms with van der Waals surface area (Å²) in [5.41, 5.74) is 1.77. The molecule has 0 atom stereocenters. The van der Waals surface area contributed by atoms with Crippen LogP contribution < -0.4 is 10.6 Å². The molecule has 23 heavy (non-hydrogen) atoms. The summed E-state index contributed by atoms with van der Waals surface area (Å²) < 4.78 is 5.47. The van der Waals surface area contributed by atoms with E-state index in [-0.39, 0.29) is 6.03 Å². The predicted octanol–water partition coefficient (Wildman–Crippen LogP) is 3.45. The summed E-state index contributed by atoms with van der Waals surface area (Å²) in [5.74, 6) is 0.600. The molecule has 0 unspecified atom stereocenters. The van der Waals surface area contributed by atoms with Crippen LogP contribution in [0.4, 0.5) is 4.79 Å². The number of oxazole rings is 1. The topological polar surface area (TPSA) is 67.2 Å². The first-order valence-electron chi connectivity index (χ1n) is 7.35. The maximum Gasteiger partial charge on any atom is 0.315 e. The Morgan fingerprint density at radius 3 is 2.78 bits per heavy atom. The van der Waals surface area contributed by atoms with Crippen LogP contribution in [0.5, 0.6) is 0 Å². The molecular formula is C17H17N3O2S. The first-order chi connectivity index (χ1) is 11.3. The number of rotatable bonds is 6. The molecule has 0 aliphatic heterocycles. The van der Waals surface area contributed by atoms with E-state index in [9.17, 15) is 4.79 Å². The van der Waals surface area contributed by atoms with Crippen molar-refractivity contribution in [1.29, 1.82) is 0 Å². The molecule has 0 bridgehead atoms. The van der Waals surface area contributed by atoms with E-state index < -0.39 is 0 Å². The van der Waals surface area contributed by atoms with Crippen molar-refractivity contribution >= 4 is 17.4 Å². The Balaban J connectivity index is 1.42. The molecule has 1 aromatic carbocycles. The van der Waals surface area contributed by atoms with Gasteiger partial charge in [-0.15, -0.1) is 11.3 Å². The highest BCUT2D eigenvalue weighted by Crippen LogP contribution is 2.17. The fourth-order valence-electron chi connectivity index (χ4n) is 2.08. The van der Waals surface area contributed by atoms with Gasteiger partial charge in [-0.3, -0.25) is 0 Å². The highest BCUT2D eigenvalue weighted by molar-refractivity contribution is 7.09. The molecule has 2 aromatic heterocycles. The highest BCUT2D eigenvalue weighted by Gasteiger charge is 2.07. The number of benzene rings is 1. The van der Waals surface area contributed by atoms with Crippen molar-refractivity contribution in [3.05, 3.63) is 64.7 Å². The van der Waals surface area contributed by atoms with Crippen molar-refractivity contribution in [2.45, 2.75) is 13.0 Å². The van der Waals surface area contributed by atoms with Gasteiger partial charge in [0.1, 0.15) is 6.26 Å². The van der Waals surface area contributed by atoms with Crippen LogP contribution in [-0.2, 0) is 13.0 Å². The molecule has 2 heterocycles. The van der Waals surface area contributed by atoms with Gasteiger partial charge in [-0.05, 0) is 23.6 Å².